The first-order valence-corrected chi connectivity index (χ1v) is 11.2. The van der Waals surface area contributed by atoms with Crippen LogP contribution in [0.25, 0.3) is 0 Å². The Morgan fingerprint density at radius 1 is 1.22 bits per heavy atom. The number of halogens is 1. The van der Waals surface area contributed by atoms with E-state index in [1.165, 1.54) is 29.4 Å². The third-order valence-corrected chi connectivity index (χ3v) is 7.79. The highest BCUT2D eigenvalue weighted by Crippen LogP contribution is 2.24. The molecule has 1 aromatic rings. The summed E-state index contributed by atoms with van der Waals surface area (Å²) in [7, 11) is -3.63. The van der Waals surface area contributed by atoms with E-state index in [9.17, 15) is 17.6 Å². The first kappa shape index (κ1) is 20.2. The standard InChI is InChI=1S/C19H28FN3O3S/c1-2-22-11-3-4-17(22)14-21-19(24)15-9-12-23(13-10-15)27(25,26)18-7-5-16(20)6-8-18/h5-8,15,17H,2-4,9-14H2,1H3,(H,21,24)/p+1/t17-/m1/s1. The molecule has 6 nitrogen and oxygen atoms in total. The summed E-state index contributed by atoms with van der Waals surface area (Å²) in [5, 5.41) is 3.08. The highest BCUT2D eigenvalue weighted by Gasteiger charge is 2.33. The molecule has 150 valence electrons. The number of rotatable bonds is 6. The third-order valence-electron chi connectivity index (χ3n) is 5.88. The average molecular weight is 399 g/mol. The summed E-state index contributed by atoms with van der Waals surface area (Å²) in [6.45, 7) is 5.76. The van der Waals surface area contributed by atoms with E-state index in [2.05, 4.69) is 12.2 Å². The van der Waals surface area contributed by atoms with Crippen molar-refractivity contribution >= 4 is 15.9 Å². The molecular formula is C19H29FN3O3S+. The van der Waals surface area contributed by atoms with Crippen LogP contribution in [0.2, 0.25) is 0 Å². The van der Waals surface area contributed by atoms with E-state index in [-0.39, 0.29) is 16.7 Å². The monoisotopic (exact) mass is 398 g/mol. The van der Waals surface area contributed by atoms with Crippen LogP contribution in [-0.2, 0) is 14.8 Å². The number of carbonyl (C=O) groups is 1. The molecule has 0 radical (unpaired) electrons. The smallest absolute Gasteiger partial charge is 0.243 e. The quantitative estimate of drug-likeness (QED) is 0.729. The number of hydrogen-bond acceptors (Lipinski definition) is 3. The molecular weight excluding hydrogens is 369 g/mol. The van der Waals surface area contributed by atoms with Crippen molar-refractivity contribution in [3.05, 3.63) is 30.1 Å². The Morgan fingerprint density at radius 2 is 1.89 bits per heavy atom. The number of carbonyl (C=O) groups excluding carboxylic acids is 1. The first-order valence-electron chi connectivity index (χ1n) is 9.80. The second kappa shape index (κ2) is 8.67. The molecule has 1 aromatic carbocycles. The lowest BCUT2D eigenvalue weighted by Gasteiger charge is -2.31. The molecule has 0 bridgehead atoms. The lowest BCUT2D eigenvalue weighted by atomic mass is 9.97. The van der Waals surface area contributed by atoms with Gasteiger partial charge >= 0.3 is 0 Å². The lowest BCUT2D eigenvalue weighted by Crippen LogP contribution is -3.14. The number of likely N-dealkylation sites (N-methyl/N-ethyl adjacent to an activating group) is 1. The number of quaternary nitrogens is 1. The van der Waals surface area contributed by atoms with Crippen molar-refractivity contribution in [3.8, 4) is 0 Å². The van der Waals surface area contributed by atoms with Crippen LogP contribution in [0.15, 0.2) is 29.2 Å². The Labute approximate surface area is 160 Å². The van der Waals surface area contributed by atoms with Crippen molar-refractivity contribution in [3.63, 3.8) is 0 Å². The molecule has 0 spiro atoms. The number of amides is 1. The molecule has 1 amide bonds. The number of hydrogen-bond donors (Lipinski definition) is 2. The highest BCUT2D eigenvalue weighted by atomic mass is 32.2. The molecule has 0 aromatic heterocycles. The molecule has 0 aliphatic carbocycles. The van der Waals surface area contributed by atoms with E-state index >= 15 is 0 Å². The second-order valence-corrected chi connectivity index (χ2v) is 9.42. The van der Waals surface area contributed by atoms with E-state index in [0.29, 0.717) is 38.5 Å². The van der Waals surface area contributed by atoms with Crippen LogP contribution < -0.4 is 10.2 Å². The summed E-state index contributed by atoms with van der Waals surface area (Å²) in [5.74, 6) is -0.567. The van der Waals surface area contributed by atoms with E-state index in [4.69, 9.17) is 0 Å². The fourth-order valence-corrected chi connectivity index (χ4v) is 5.65. The van der Waals surface area contributed by atoms with E-state index in [0.717, 1.165) is 25.1 Å². The van der Waals surface area contributed by atoms with Gasteiger partial charge in [-0.1, -0.05) is 0 Å². The van der Waals surface area contributed by atoms with Crippen molar-refractivity contribution in [1.29, 1.82) is 0 Å². The second-order valence-electron chi connectivity index (χ2n) is 7.48. The average Bonchev–Trinajstić information content (AvgIpc) is 3.14. The summed E-state index contributed by atoms with van der Waals surface area (Å²) in [4.78, 5) is 14.1. The van der Waals surface area contributed by atoms with Gasteiger partial charge < -0.3 is 10.2 Å². The minimum Gasteiger partial charge on any atom is -0.350 e. The fraction of sp³-hybridized carbons (Fsp3) is 0.632. The molecule has 2 N–H and O–H groups in total. The van der Waals surface area contributed by atoms with Crippen LogP contribution in [0.4, 0.5) is 4.39 Å². The highest BCUT2D eigenvalue weighted by molar-refractivity contribution is 7.89. The van der Waals surface area contributed by atoms with Gasteiger partial charge in [0.1, 0.15) is 11.9 Å². The van der Waals surface area contributed by atoms with Crippen molar-refractivity contribution in [2.24, 2.45) is 5.92 Å². The topological polar surface area (TPSA) is 70.9 Å². The largest absolute Gasteiger partial charge is 0.350 e. The van der Waals surface area contributed by atoms with Crippen molar-refractivity contribution in [2.45, 2.75) is 43.5 Å². The Hall–Kier alpha value is -1.51. The van der Waals surface area contributed by atoms with E-state index in [1.54, 1.807) is 4.90 Å². The van der Waals surface area contributed by atoms with Crippen molar-refractivity contribution < 1.29 is 22.5 Å². The van der Waals surface area contributed by atoms with E-state index < -0.39 is 15.8 Å². The predicted octanol–water partition coefficient (Wildman–Crippen LogP) is 0.410. The summed E-state index contributed by atoms with van der Waals surface area (Å²) < 4.78 is 39.7. The molecule has 2 saturated heterocycles. The zero-order chi connectivity index (χ0) is 19.4. The maximum atomic E-state index is 13.0. The predicted molar refractivity (Wildman–Crippen MR) is 100 cm³/mol. The lowest BCUT2D eigenvalue weighted by molar-refractivity contribution is -0.909. The third kappa shape index (κ3) is 4.67. The molecule has 1 unspecified atom stereocenters. The van der Waals surface area contributed by atoms with Gasteiger partial charge in [0.05, 0.1) is 24.5 Å². The van der Waals surface area contributed by atoms with Crippen LogP contribution in [-0.4, -0.2) is 57.4 Å². The molecule has 2 fully saturated rings. The number of piperidine rings is 1. The molecule has 3 rings (SSSR count). The van der Waals surface area contributed by atoms with Gasteiger partial charge in [-0.3, -0.25) is 4.79 Å². The van der Waals surface area contributed by atoms with Crippen molar-refractivity contribution in [1.82, 2.24) is 9.62 Å². The fourth-order valence-electron chi connectivity index (χ4n) is 4.18. The molecule has 2 aliphatic rings. The van der Waals surface area contributed by atoms with Crippen molar-refractivity contribution in [2.75, 3.05) is 32.7 Å². The summed E-state index contributed by atoms with van der Waals surface area (Å²) in [6.07, 6.45) is 3.39. The summed E-state index contributed by atoms with van der Waals surface area (Å²) >= 11 is 0. The molecule has 27 heavy (non-hydrogen) atoms. The Morgan fingerprint density at radius 3 is 2.52 bits per heavy atom. The maximum Gasteiger partial charge on any atom is 0.243 e. The Kier molecular flexibility index (Phi) is 6.49. The minimum atomic E-state index is -3.63. The minimum absolute atomic E-state index is 0.0381. The molecule has 2 heterocycles. The van der Waals surface area contributed by atoms with Gasteiger partial charge in [-0.15, -0.1) is 0 Å². The molecule has 2 aliphatic heterocycles. The molecule has 0 saturated carbocycles. The Balaban J connectivity index is 1.50. The zero-order valence-electron chi connectivity index (χ0n) is 15.8. The number of nitrogens with zero attached hydrogens (tertiary/aromatic N) is 1. The van der Waals surface area contributed by atoms with Gasteiger partial charge in [0.25, 0.3) is 0 Å². The summed E-state index contributed by atoms with van der Waals surface area (Å²) in [5.41, 5.74) is 0. The van der Waals surface area contributed by atoms with Crippen LogP contribution >= 0.6 is 0 Å². The van der Waals surface area contributed by atoms with Gasteiger partial charge in [0.15, 0.2) is 0 Å². The van der Waals surface area contributed by atoms with E-state index in [1.807, 2.05) is 0 Å². The zero-order valence-corrected chi connectivity index (χ0v) is 16.6. The number of likely N-dealkylation sites (tertiary alicyclic amines) is 1. The van der Waals surface area contributed by atoms with Gasteiger partial charge in [-0.25, -0.2) is 12.8 Å². The van der Waals surface area contributed by atoms with Gasteiger partial charge in [0.2, 0.25) is 15.9 Å². The molecule has 8 heteroatoms. The van der Waals surface area contributed by atoms with Gasteiger partial charge in [-0.2, -0.15) is 4.31 Å². The van der Waals surface area contributed by atoms with Gasteiger partial charge in [0, 0.05) is 31.8 Å². The van der Waals surface area contributed by atoms with Crippen LogP contribution in [0.3, 0.4) is 0 Å². The van der Waals surface area contributed by atoms with Crippen LogP contribution in [0.5, 0.6) is 0 Å². The first-order chi connectivity index (χ1) is 12.9. The Bertz CT molecular complexity index is 746. The van der Waals surface area contributed by atoms with Gasteiger partial charge in [-0.05, 0) is 44.0 Å². The number of benzene rings is 1. The maximum absolute atomic E-state index is 13.0. The normalized spacial score (nSPS) is 24.8. The van der Waals surface area contributed by atoms with Crippen LogP contribution in [0, 0.1) is 11.7 Å². The SMILES string of the molecule is CC[NH+]1CCC[C@@H]1CNC(=O)C1CCN(S(=O)(=O)c2ccc(F)cc2)CC1. The van der Waals surface area contributed by atoms with Crippen LogP contribution in [0.1, 0.15) is 32.6 Å². The number of sulfonamides is 1. The molecule has 2 atom stereocenters. The summed E-state index contributed by atoms with van der Waals surface area (Å²) in [6, 6.07) is 5.37. The number of nitrogens with one attached hydrogen (secondary N) is 2.